The average molecular weight is 331 g/mol. The third kappa shape index (κ3) is 2.92. The average Bonchev–Trinajstić information content (AvgIpc) is 2.86. The van der Waals surface area contributed by atoms with Crippen molar-refractivity contribution in [3.63, 3.8) is 0 Å². The zero-order valence-corrected chi connectivity index (χ0v) is 13.2. The molecule has 0 aliphatic carbocycles. The lowest BCUT2D eigenvalue weighted by Crippen LogP contribution is -2.04. The van der Waals surface area contributed by atoms with Crippen LogP contribution in [0.2, 0.25) is 10.0 Å². The lowest BCUT2D eigenvalue weighted by Gasteiger charge is -2.07. The maximum Gasteiger partial charge on any atom is 0.342 e. The first kappa shape index (κ1) is 15.2. The summed E-state index contributed by atoms with van der Waals surface area (Å²) >= 11 is 13.3. The smallest absolute Gasteiger partial charge is 0.342 e. The minimum absolute atomic E-state index is 0.319. The monoisotopic (exact) mass is 330 g/mol. The van der Waals surface area contributed by atoms with Gasteiger partial charge in [-0.25, -0.2) is 4.79 Å². The molecule has 0 saturated carbocycles. The highest BCUT2D eigenvalue weighted by molar-refractivity contribution is 7.14. The SMILES string of the molecule is CCOC(=O)c1csc(-c2ccc(Cl)c(Cl)c2)c1OC. The van der Waals surface area contributed by atoms with Crippen molar-refractivity contribution in [3.05, 3.63) is 39.2 Å². The van der Waals surface area contributed by atoms with E-state index in [4.69, 9.17) is 32.7 Å². The van der Waals surface area contributed by atoms with Gasteiger partial charge >= 0.3 is 5.97 Å². The van der Waals surface area contributed by atoms with Crippen LogP contribution >= 0.6 is 34.5 Å². The van der Waals surface area contributed by atoms with E-state index < -0.39 is 5.97 Å². The number of ether oxygens (including phenoxy) is 2. The quantitative estimate of drug-likeness (QED) is 0.747. The maximum atomic E-state index is 11.8. The van der Waals surface area contributed by atoms with Gasteiger partial charge in [-0.05, 0) is 24.6 Å². The Labute approximate surface area is 131 Å². The number of carbonyl (C=O) groups excluding carboxylic acids is 1. The van der Waals surface area contributed by atoms with Crippen molar-refractivity contribution in [1.29, 1.82) is 0 Å². The van der Waals surface area contributed by atoms with E-state index in [1.54, 1.807) is 24.4 Å². The van der Waals surface area contributed by atoms with Gasteiger partial charge in [0.05, 0.1) is 28.6 Å². The predicted molar refractivity (Wildman–Crippen MR) is 82.3 cm³/mol. The summed E-state index contributed by atoms with van der Waals surface area (Å²) in [6, 6.07) is 5.28. The predicted octanol–water partition coefficient (Wildman–Crippen LogP) is 4.91. The first-order chi connectivity index (χ1) is 9.58. The number of thiophene rings is 1. The first-order valence-corrected chi connectivity index (χ1v) is 7.50. The topological polar surface area (TPSA) is 35.5 Å². The third-order valence-electron chi connectivity index (χ3n) is 2.63. The molecule has 2 rings (SSSR count). The maximum absolute atomic E-state index is 11.8. The van der Waals surface area contributed by atoms with Gasteiger partial charge in [0.1, 0.15) is 5.56 Å². The summed E-state index contributed by atoms with van der Waals surface area (Å²) in [6.45, 7) is 2.08. The number of methoxy groups -OCH3 is 1. The molecule has 3 nitrogen and oxygen atoms in total. The Hall–Kier alpha value is -1.23. The Morgan fingerprint density at radius 2 is 2.05 bits per heavy atom. The summed E-state index contributed by atoms with van der Waals surface area (Å²) in [6.07, 6.45) is 0. The molecule has 1 aromatic carbocycles. The van der Waals surface area contributed by atoms with Crippen LogP contribution in [0.15, 0.2) is 23.6 Å². The second-order valence-electron chi connectivity index (χ2n) is 3.86. The van der Waals surface area contributed by atoms with Crippen molar-refractivity contribution in [2.24, 2.45) is 0 Å². The van der Waals surface area contributed by atoms with E-state index in [0.717, 1.165) is 10.4 Å². The van der Waals surface area contributed by atoms with Gasteiger partial charge in [-0.1, -0.05) is 29.3 Å². The van der Waals surface area contributed by atoms with Gasteiger partial charge in [-0.2, -0.15) is 0 Å². The Kier molecular flexibility index (Phi) is 4.91. The molecule has 0 bridgehead atoms. The van der Waals surface area contributed by atoms with Crippen LogP contribution in [0.25, 0.3) is 10.4 Å². The van der Waals surface area contributed by atoms with E-state index in [0.29, 0.717) is 28.0 Å². The van der Waals surface area contributed by atoms with Gasteiger partial charge < -0.3 is 9.47 Å². The molecule has 0 atom stereocenters. The number of hydrogen-bond donors (Lipinski definition) is 0. The molecule has 0 spiro atoms. The number of carbonyl (C=O) groups is 1. The van der Waals surface area contributed by atoms with E-state index in [1.165, 1.54) is 18.4 Å². The number of halogens is 2. The second kappa shape index (κ2) is 6.48. The molecule has 0 aliphatic rings. The summed E-state index contributed by atoms with van der Waals surface area (Å²) < 4.78 is 10.3. The van der Waals surface area contributed by atoms with Crippen LogP contribution in [-0.4, -0.2) is 19.7 Å². The van der Waals surface area contributed by atoms with E-state index in [2.05, 4.69) is 0 Å². The molecule has 20 heavy (non-hydrogen) atoms. The fourth-order valence-corrected chi connectivity index (χ4v) is 3.04. The highest BCUT2D eigenvalue weighted by atomic mass is 35.5. The normalized spacial score (nSPS) is 10.4. The van der Waals surface area contributed by atoms with Gasteiger partial charge in [-0.3, -0.25) is 0 Å². The molecule has 0 fully saturated rings. The summed E-state index contributed by atoms with van der Waals surface area (Å²) in [7, 11) is 1.52. The standard InChI is InChI=1S/C14H12Cl2O3S/c1-3-19-14(17)9-7-20-13(12(9)18-2)8-4-5-10(15)11(16)6-8/h4-7H,3H2,1-2H3. The Balaban J connectivity index is 2.47. The van der Waals surface area contributed by atoms with Crippen LogP contribution in [0.3, 0.4) is 0 Å². The highest BCUT2D eigenvalue weighted by Crippen LogP contribution is 2.41. The van der Waals surface area contributed by atoms with E-state index in [1.807, 2.05) is 6.07 Å². The Morgan fingerprint density at radius 1 is 1.30 bits per heavy atom. The molecule has 0 N–H and O–H groups in total. The zero-order valence-electron chi connectivity index (χ0n) is 10.9. The number of rotatable bonds is 4. The van der Waals surface area contributed by atoms with Gasteiger partial charge in [0.15, 0.2) is 5.75 Å². The van der Waals surface area contributed by atoms with Crippen molar-refractivity contribution in [2.45, 2.75) is 6.92 Å². The molecule has 1 aromatic heterocycles. The lowest BCUT2D eigenvalue weighted by atomic mass is 10.1. The van der Waals surface area contributed by atoms with E-state index >= 15 is 0 Å². The van der Waals surface area contributed by atoms with Crippen LogP contribution in [0.4, 0.5) is 0 Å². The fraction of sp³-hybridized carbons (Fsp3) is 0.214. The zero-order chi connectivity index (χ0) is 14.7. The van der Waals surface area contributed by atoms with Gasteiger partial charge in [0.25, 0.3) is 0 Å². The molecule has 106 valence electrons. The molecule has 2 aromatic rings. The summed E-state index contributed by atoms with van der Waals surface area (Å²) in [5.41, 5.74) is 1.26. The van der Waals surface area contributed by atoms with E-state index in [-0.39, 0.29) is 0 Å². The minimum Gasteiger partial charge on any atom is -0.494 e. The Bertz CT molecular complexity index is 637. The van der Waals surface area contributed by atoms with Crippen molar-refractivity contribution < 1.29 is 14.3 Å². The largest absolute Gasteiger partial charge is 0.494 e. The number of esters is 1. The summed E-state index contributed by atoms with van der Waals surface area (Å²) in [5.74, 6) is 0.0961. The van der Waals surface area contributed by atoms with Crippen LogP contribution < -0.4 is 4.74 Å². The second-order valence-corrected chi connectivity index (χ2v) is 5.56. The van der Waals surface area contributed by atoms with Crippen molar-refractivity contribution in [3.8, 4) is 16.2 Å². The fourth-order valence-electron chi connectivity index (χ4n) is 1.74. The lowest BCUT2D eigenvalue weighted by molar-refractivity contribution is 0.0523. The molecule has 0 radical (unpaired) electrons. The van der Waals surface area contributed by atoms with Gasteiger partial charge in [0, 0.05) is 5.38 Å². The first-order valence-electron chi connectivity index (χ1n) is 5.86. The van der Waals surface area contributed by atoms with E-state index in [9.17, 15) is 4.79 Å². The summed E-state index contributed by atoms with van der Waals surface area (Å²) in [5, 5.41) is 2.66. The molecule has 1 heterocycles. The van der Waals surface area contributed by atoms with Crippen LogP contribution in [0.1, 0.15) is 17.3 Å². The Morgan fingerprint density at radius 3 is 2.65 bits per heavy atom. The van der Waals surface area contributed by atoms with Crippen LogP contribution in [0.5, 0.6) is 5.75 Å². The number of hydrogen-bond acceptors (Lipinski definition) is 4. The number of benzene rings is 1. The van der Waals surface area contributed by atoms with Crippen molar-refractivity contribution in [1.82, 2.24) is 0 Å². The van der Waals surface area contributed by atoms with Crippen LogP contribution in [0, 0.1) is 0 Å². The summed E-state index contributed by atoms with van der Waals surface area (Å²) in [4.78, 5) is 12.7. The minimum atomic E-state index is -0.396. The van der Waals surface area contributed by atoms with Gasteiger partial charge in [0.2, 0.25) is 0 Å². The molecule has 0 saturated heterocycles. The molecule has 0 unspecified atom stereocenters. The van der Waals surface area contributed by atoms with Crippen molar-refractivity contribution >= 4 is 40.5 Å². The van der Waals surface area contributed by atoms with Crippen LogP contribution in [-0.2, 0) is 4.74 Å². The molecule has 6 heteroatoms. The molecule has 0 amide bonds. The van der Waals surface area contributed by atoms with Gasteiger partial charge in [-0.15, -0.1) is 11.3 Å². The molecular formula is C14H12Cl2O3S. The molecule has 0 aliphatic heterocycles. The highest BCUT2D eigenvalue weighted by Gasteiger charge is 2.21. The van der Waals surface area contributed by atoms with Crippen molar-refractivity contribution in [2.75, 3.05) is 13.7 Å². The third-order valence-corrected chi connectivity index (χ3v) is 4.38. The molecular weight excluding hydrogens is 319 g/mol.